The molecule has 1 aliphatic rings. The normalized spacial score (nSPS) is 15.8. The Hall–Kier alpha value is -2.71. The predicted molar refractivity (Wildman–Crippen MR) is 122 cm³/mol. The van der Waals surface area contributed by atoms with Gasteiger partial charge in [-0.1, -0.05) is 6.07 Å². The van der Waals surface area contributed by atoms with Gasteiger partial charge in [0.25, 0.3) is 5.91 Å². The van der Waals surface area contributed by atoms with Gasteiger partial charge < -0.3 is 15.4 Å². The van der Waals surface area contributed by atoms with Crippen molar-refractivity contribution in [2.24, 2.45) is 7.05 Å². The van der Waals surface area contributed by atoms with E-state index in [0.717, 1.165) is 28.7 Å². The summed E-state index contributed by atoms with van der Waals surface area (Å²) in [5.41, 5.74) is 2.49. The van der Waals surface area contributed by atoms with Gasteiger partial charge in [0.05, 0.1) is 23.0 Å². The summed E-state index contributed by atoms with van der Waals surface area (Å²) in [6.07, 6.45) is 5.04. The molecule has 31 heavy (non-hydrogen) atoms. The summed E-state index contributed by atoms with van der Waals surface area (Å²) in [5.74, 6) is -0.116. The highest BCUT2D eigenvalue weighted by Gasteiger charge is 2.18. The van der Waals surface area contributed by atoms with Gasteiger partial charge in [0.15, 0.2) is 0 Å². The molecule has 1 unspecified atom stereocenters. The fourth-order valence-corrected chi connectivity index (χ4v) is 4.34. The standard InChI is InChI=1S/C23H24BrFN4O2/c1-29-22(20(24)14-27-29)19-13-18(28-23(30)15-4-2-5-16(25)12-15)7-8-21(19)31-11-9-17-6-3-10-26-17/h2,4-5,7-8,12-14,17,26H,3,6,9-11H2,1H3,(H,28,30). The molecule has 2 aromatic carbocycles. The second-order valence-electron chi connectivity index (χ2n) is 7.57. The molecule has 1 saturated heterocycles. The molecule has 1 aromatic heterocycles. The van der Waals surface area contributed by atoms with Crippen molar-refractivity contribution < 1.29 is 13.9 Å². The molecule has 2 heterocycles. The van der Waals surface area contributed by atoms with E-state index in [0.29, 0.717) is 24.1 Å². The quantitative estimate of drug-likeness (QED) is 0.504. The van der Waals surface area contributed by atoms with Gasteiger partial charge >= 0.3 is 0 Å². The van der Waals surface area contributed by atoms with Gasteiger partial charge in [-0.2, -0.15) is 5.10 Å². The van der Waals surface area contributed by atoms with E-state index in [1.807, 2.05) is 19.2 Å². The van der Waals surface area contributed by atoms with Crippen LogP contribution in [-0.2, 0) is 7.05 Å². The Balaban J connectivity index is 1.57. The Morgan fingerprint density at radius 3 is 2.94 bits per heavy atom. The van der Waals surface area contributed by atoms with Gasteiger partial charge in [-0.15, -0.1) is 0 Å². The minimum atomic E-state index is -0.451. The van der Waals surface area contributed by atoms with Crippen molar-refractivity contribution in [2.45, 2.75) is 25.3 Å². The maximum Gasteiger partial charge on any atom is 0.255 e. The number of anilines is 1. The lowest BCUT2D eigenvalue weighted by molar-refractivity contribution is 0.102. The molecular formula is C23H24BrFN4O2. The van der Waals surface area contributed by atoms with Crippen LogP contribution >= 0.6 is 15.9 Å². The Kier molecular flexibility index (Phi) is 6.67. The van der Waals surface area contributed by atoms with Crippen molar-refractivity contribution in [1.82, 2.24) is 15.1 Å². The van der Waals surface area contributed by atoms with Crippen molar-refractivity contribution in [3.63, 3.8) is 0 Å². The molecule has 1 aliphatic heterocycles. The smallest absolute Gasteiger partial charge is 0.255 e. The average Bonchev–Trinajstić information content (AvgIpc) is 3.38. The number of rotatable bonds is 7. The van der Waals surface area contributed by atoms with Gasteiger partial charge in [-0.05, 0) is 78.1 Å². The predicted octanol–water partition coefficient (Wildman–Crippen LogP) is 4.76. The molecule has 0 spiro atoms. The molecule has 6 nitrogen and oxygen atoms in total. The van der Waals surface area contributed by atoms with Crippen LogP contribution in [0.3, 0.4) is 0 Å². The highest BCUT2D eigenvalue weighted by Crippen LogP contribution is 2.37. The highest BCUT2D eigenvalue weighted by atomic mass is 79.9. The number of benzene rings is 2. The van der Waals surface area contributed by atoms with Crippen LogP contribution in [0, 0.1) is 5.82 Å². The second kappa shape index (κ2) is 9.62. The summed E-state index contributed by atoms with van der Waals surface area (Å²) in [5, 5.41) is 10.6. The number of hydrogen-bond acceptors (Lipinski definition) is 4. The number of aryl methyl sites for hydroxylation is 1. The molecular weight excluding hydrogens is 463 g/mol. The second-order valence-corrected chi connectivity index (χ2v) is 8.42. The summed E-state index contributed by atoms with van der Waals surface area (Å²) < 4.78 is 22.2. The fourth-order valence-electron chi connectivity index (χ4n) is 3.78. The number of nitrogens with zero attached hydrogens (tertiary/aromatic N) is 2. The number of carbonyl (C=O) groups excluding carboxylic acids is 1. The largest absolute Gasteiger partial charge is 0.493 e. The zero-order valence-electron chi connectivity index (χ0n) is 17.2. The lowest BCUT2D eigenvalue weighted by Crippen LogP contribution is -2.23. The number of ether oxygens (including phenoxy) is 1. The van der Waals surface area contributed by atoms with E-state index in [2.05, 4.69) is 31.7 Å². The molecule has 0 aliphatic carbocycles. The van der Waals surface area contributed by atoms with Crippen LogP contribution in [0.5, 0.6) is 5.75 Å². The molecule has 1 amide bonds. The molecule has 3 aromatic rings. The Morgan fingerprint density at radius 1 is 1.35 bits per heavy atom. The molecule has 8 heteroatoms. The first-order chi connectivity index (χ1) is 15.0. The van der Waals surface area contributed by atoms with E-state index in [1.165, 1.54) is 31.0 Å². The maximum absolute atomic E-state index is 13.5. The minimum absolute atomic E-state index is 0.257. The third-order valence-corrected chi connectivity index (χ3v) is 5.94. The Morgan fingerprint density at radius 2 is 2.23 bits per heavy atom. The number of aromatic nitrogens is 2. The molecule has 0 radical (unpaired) electrons. The average molecular weight is 487 g/mol. The van der Waals surface area contributed by atoms with Crippen molar-refractivity contribution >= 4 is 27.5 Å². The van der Waals surface area contributed by atoms with E-state index in [9.17, 15) is 9.18 Å². The summed E-state index contributed by atoms with van der Waals surface area (Å²) >= 11 is 3.55. The lowest BCUT2D eigenvalue weighted by Gasteiger charge is -2.16. The van der Waals surface area contributed by atoms with Crippen LogP contribution in [0.2, 0.25) is 0 Å². The van der Waals surface area contributed by atoms with Crippen LogP contribution in [0.4, 0.5) is 10.1 Å². The molecule has 0 bridgehead atoms. The molecule has 0 saturated carbocycles. The molecule has 4 rings (SSSR count). The first-order valence-corrected chi connectivity index (χ1v) is 11.1. The molecule has 2 N–H and O–H groups in total. The zero-order chi connectivity index (χ0) is 21.8. The van der Waals surface area contributed by atoms with Gasteiger partial charge in [0, 0.05) is 29.9 Å². The first-order valence-electron chi connectivity index (χ1n) is 10.3. The third kappa shape index (κ3) is 5.14. The number of hydrogen-bond donors (Lipinski definition) is 2. The summed E-state index contributed by atoms with van der Waals surface area (Å²) in [6.45, 7) is 1.66. The van der Waals surface area contributed by atoms with Crippen LogP contribution in [0.15, 0.2) is 53.1 Å². The number of amides is 1. The topological polar surface area (TPSA) is 68.2 Å². The lowest BCUT2D eigenvalue weighted by atomic mass is 10.1. The van der Waals surface area contributed by atoms with Crippen LogP contribution in [-0.4, -0.2) is 34.9 Å². The van der Waals surface area contributed by atoms with E-state index in [4.69, 9.17) is 4.74 Å². The molecule has 1 fully saturated rings. The van der Waals surface area contributed by atoms with Crippen molar-refractivity contribution in [1.29, 1.82) is 0 Å². The summed E-state index contributed by atoms with van der Waals surface area (Å²) in [6, 6.07) is 11.6. The van der Waals surface area contributed by atoms with Gasteiger partial charge in [0.2, 0.25) is 0 Å². The number of nitrogens with one attached hydrogen (secondary N) is 2. The number of carbonyl (C=O) groups is 1. The minimum Gasteiger partial charge on any atom is -0.493 e. The van der Waals surface area contributed by atoms with Crippen LogP contribution in [0.1, 0.15) is 29.6 Å². The molecule has 1 atom stereocenters. The highest BCUT2D eigenvalue weighted by molar-refractivity contribution is 9.10. The van der Waals surface area contributed by atoms with Crippen LogP contribution in [0.25, 0.3) is 11.3 Å². The zero-order valence-corrected chi connectivity index (χ0v) is 18.8. The van der Waals surface area contributed by atoms with E-state index < -0.39 is 5.82 Å². The first kappa shape index (κ1) is 21.5. The van der Waals surface area contributed by atoms with Crippen LogP contribution < -0.4 is 15.4 Å². The van der Waals surface area contributed by atoms with Gasteiger partial charge in [-0.3, -0.25) is 9.48 Å². The van der Waals surface area contributed by atoms with E-state index >= 15 is 0 Å². The van der Waals surface area contributed by atoms with Crippen molar-refractivity contribution in [2.75, 3.05) is 18.5 Å². The Bertz CT molecular complexity index is 1060. The van der Waals surface area contributed by atoms with E-state index in [1.54, 1.807) is 23.0 Å². The SMILES string of the molecule is Cn1ncc(Br)c1-c1cc(NC(=O)c2cccc(F)c2)ccc1OCCC1CCCN1. The van der Waals surface area contributed by atoms with Crippen molar-refractivity contribution in [3.8, 4) is 17.0 Å². The molecule has 162 valence electrons. The summed E-state index contributed by atoms with van der Waals surface area (Å²) in [7, 11) is 1.85. The van der Waals surface area contributed by atoms with Gasteiger partial charge in [-0.25, -0.2) is 4.39 Å². The number of halogens is 2. The summed E-state index contributed by atoms with van der Waals surface area (Å²) in [4.78, 5) is 12.6. The van der Waals surface area contributed by atoms with E-state index in [-0.39, 0.29) is 11.5 Å². The third-order valence-electron chi connectivity index (χ3n) is 5.36. The fraction of sp³-hybridized carbons (Fsp3) is 0.304. The monoisotopic (exact) mass is 486 g/mol. The maximum atomic E-state index is 13.5. The van der Waals surface area contributed by atoms with Gasteiger partial charge in [0.1, 0.15) is 11.6 Å². The Labute approximate surface area is 188 Å². The van der Waals surface area contributed by atoms with Crippen molar-refractivity contribution in [3.05, 3.63) is 64.5 Å².